The Bertz CT molecular complexity index is 1290. The molecule has 0 unspecified atom stereocenters. The van der Waals surface area contributed by atoms with Crippen molar-refractivity contribution < 1.29 is 9.34 Å². The molecule has 0 spiro atoms. The second kappa shape index (κ2) is 6.31. The van der Waals surface area contributed by atoms with E-state index in [0.717, 1.165) is 39.2 Å². The van der Waals surface area contributed by atoms with Crippen LogP contribution in [0.1, 0.15) is 11.4 Å². The average Bonchev–Trinajstić information content (AvgIpc) is 3.31. The first-order valence-corrected chi connectivity index (χ1v) is 8.73. The summed E-state index contributed by atoms with van der Waals surface area (Å²) in [5.41, 5.74) is 4.15. The van der Waals surface area contributed by atoms with Crippen LogP contribution in [0.15, 0.2) is 71.3 Å². The van der Waals surface area contributed by atoms with Crippen LogP contribution in [0, 0.1) is 10.1 Å². The van der Waals surface area contributed by atoms with Gasteiger partial charge < -0.3 is 9.40 Å². The molecule has 7 nitrogen and oxygen atoms in total. The molecule has 0 radical (unpaired) electrons. The second-order valence-electron chi connectivity index (χ2n) is 6.53. The van der Waals surface area contributed by atoms with Crippen molar-refractivity contribution >= 4 is 27.8 Å². The molecule has 0 fully saturated rings. The van der Waals surface area contributed by atoms with Gasteiger partial charge in [0.1, 0.15) is 17.2 Å². The number of nitro groups is 1. The number of imidazole rings is 1. The molecule has 28 heavy (non-hydrogen) atoms. The number of aromatic nitrogens is 3. The smallest absolute Gasteiger partial charge is 0.269 e. The normalized spacial score (nSPS) is 11.3. The number of nitrogens with zero attached hydrogens (tertiary/aromatic N) is 3. The third-order valence-electron chi connectivity index (χ3n) is 4.62. The fourth-order valence-corrected chi connectivity index (χ4v) is 3.22. The molecule has 0 saturated heterocycles. The molecule has 2 aromatic carbocycles. The Morgan fingerprint density at radius 3 is 2.68 bits per heavy atom. The van der Waals surface area contributed by atoms with Gasteiger partial charge in [0.15, 0.2) is 5.65 Å². The van der Waals surface area contributed by atoms with Gasteiger partial charge in [-0.2, -0.15) is 0 Å². The zero-order chi connectivity index (χ0) is 19.1. The van der Waals surface area contributed by atoms with Gasteiger partial charge in [-0.25, -0.2) is 9.97 Å². The van der Waals surface area contributed by atoms with Gasteiger partial charge in [0.05, 0.1) is 10.4 Å². The van der Waals surface area contributed by atoms with E-state index in [4.69, 9.17) is 4.42 Å². The molecule has 136 valence electrons. The van der Waals surface area contributed by atoms with Crippen molar-refractivity contribution in [1.82, 2.24) is 15.0 Å². The van der Waals surface area contributed by atoms with Crippen molar-refractivity contribution in [3.8, 4) is 11.3 Å². The minimum Gasteiger partial charge on any atom is -0.456 e. The molecular weight excluding hydrogens is 356 g/mol. The van der Waals surface area contributed by atoms with Gasteiger partial charge in [-0.1, -0.05) is 30.3 Å². The molecule has 0 amide bonds. The molecule has 0 saturated carbocycles. The number of benzene rings is 2. The molecule has 5 rings (SSSR count). The van der Waals surface area contributed by atoms with Crippen molar-refractivity contribution in [3.63, 3.8) is 0 Å². The van der Waals surface area contributed by atoms with E-state index < -0.39 is 4.92 Å². The van der Waals surface area contributed by atoms with Crippen LogP contribution in [0.2, 0.25) is 0 Å². The van der Waals surface area contributed by atoms with Crippen molar-refractivity contribution in [2.24, 2.45) is 0 Å². The number of furan rings is 1. The zero-order valence-electron chi connectivity index (χ0n) is 14.6. The molecule has 3 heterocycles. The topological polar surface area (TPSA) is 97.8 Å². The highest BCUT2D eigenvalue weighted by Gasteiger charge is 2.11. The third kappa shape index (κ3) is 2.88. The van der Waals surface area contributed by atoms with E-state index in [1.54, 1.807) is 18.3 Å². The summed E-state index contributed by atoms with van der Waals surface area (Å²) in [7, 11) is 0. The first-order valence-electron chi connectivity index (χ1n) is 8.73. The first-order chi connectivity index (χ1) is 13.7. The largest absolute Gasteiger partial charge is 0.456 e. The van der Waals surface area contributed by atoms with Crippen LogP contribution in [-0.4, -0.2) is 19.9 Å². The lowest BCUT2D eigenvalue weighted by Gasteiger charge is -1.97. The Morgan fingerprint density at radius 1 is 1.07 bits per heavy atom. The van der Waals surface area contributed by atoms with Gasteiger partial charge in [-0.3, -0.25) is 10.1 Å². The Kier molecular flexibility index (Phi) is 3.65. The summed E-state index contributed by atoms with van der Waals surface area (Å²) in [6, 6.07) is 18.3. The maximum absolute atomic E-state index is 10.8. The van der Waals surface area contributed by atoms with Gasteiger partial charge in [0.25, 0.3) is 5.69 Å². The van der Waals surface area contributed by atoms with E-state index in [1.165, 1.54) is 12.1 Å². The molecule has 7 heteroatoms. The highest BCUT2D eigenvalue weighted by Crippen LogP contribution is 2.28. The van der Waals surface area contributed by atoms with Crippen LogP contribution in [0.3, 0.4) is 0 Å². The standard InChI is InChI=1S/C21H14N4O3/c26-25(27)16-7-5-13(6-8-16)9-20-23-17-10-15(12-22-21(17)24-20)19-11-14-3-1-2-4-18(14)28-19/h1-8,10-12H,9H2,(H,22,23,24). The van der Waals surface area contributed by atoms with Crippen molar-refractivity contribution in [3.05, 3.63) is 88.4 Å². The number of para-hydroxylation sites is 1. The summed E-state index contributed by atoms with van der Waals surface area (Å²) in [6.07, 6.45) is 2.28. The number of H-pyrrole nitrogens is 1. The summed E-state index contributed by atoms with van der Waals surface area (Å²) >= 11 is 0. The van der Waals surface area contributed by atoms with Crippen LogP contribution in [0.4, 0.5) is 5.69 Å². The van der Waals surface area contributed by atoms with Crippen molar-refractivity contribution in [1.29, 1.82) is 0 Å². The quantitative estimate of drug-likeness (QED) is 0.359. The summed E-state index contributed by atoms with van der Waals surface area (Å²) in [4.78, 5) is 22.6. The lowest BCUT2D eigenvalue weighted by Crippen LogP contribution is -1.92. The van der Waals surface area contributed by atoms with Gasteiger partial charge in [0.2, 0.25) is 0 Å². The summed E-state index contributed by atoms with van der Waals surface area (Å²) in [5.74, 6) is 1.50. The average molecular weight is 370 g/mol. The lowest BCUT2D eigenvalue weighted by atomic mass is 10.1. The Morgan fingerprint density at radius 2 is 1.89 bits per heavy atom. The van der Waals surface area contributed by atoms with E-state index in [2.05, 4.69) is 15.0 Å². The van der Waals surface area contributed by atoms with E-state index in [9.17, 15) is 10.1 Å². The molecule has 0 aliphatic heterocycles. The minimum atomic E-state index is -0.408. The van der Waals surface area contributed by atoms with Gasteiger partial charge in [0, 0.05) is 35.7 Å². The zero-order valence-corrected chi connectivity index (χ0v) is 14.6. The molecule has 0 bridgehead atoms. The van der Waals surface area contributed by atoms with E-state index >= 15 is 0 Å². The number of nitro benzene ring substituents is 1. The second-order valence-corrected chi connectivity index (χ2v) is 6.53. The number of rotatable bonds is 4. The summed E-state index contributed by atoms with van der Waals surface area (Å²) in [5, 5.41) is 11.8. The Hall–Kier alpha value is -4.00. The number of hydrogen-bond donors (Lipinski definition) is 1. The molecule has 0 atom stereocenters. The number of pyridine rings is 1. The van der Waals surface area contributed by atoms with Gasteiger partial charge >= 0.3 is 0 Å². The number of nitrogens with one attached hydrogen (secondary N) is 1. The summed E-state index contributed by atoms with van der Waals surface area (Å²) in [6.45, 7) is 0. The van der Waals surface area contributed by atoms with E-state index in [-0.39, 0.29) is 5.69 Å². The molecular formula is C21H14N4O3. The van der Waals surface area contributed by atoms with Crippen LogP contribution >= 0.6 is 0 Å². The fraction of sp³-hybridized carbons (Fsp3) is 0.0476. The number of fused-ring (bicyclic) bond motifs is 2. The molecule has 1 N–H and O–H groups in total. The van der Waals surface area contributed by atoms with Crippen LogP contribution in [-0.2, 0) is 6.42 Å². The van der Waals surface area contributed by atoms with Gasteiger partial charge in [-0.05, 0) is 23.8 Å². The Labute approximate surface area is 158 Å². The number of aromatic amines is 1. The third-order valence-corrected chi connectivity index (χ3v) is 4.62. The molecule has 5 aromatic rings. The fourth-order valence-electron chi connectivity index (χ4n) is 3.22. The number of hydrogen-bond acceptors (Lipinski definition) is 5. The van der Waals surface area contributed by atoms with E-state index in [1.807, 2.05) is 36.4 Å². The Balaban J connectivity index is 1.45. The maximum atomic E-state index is 10.8. The highest BCUT2D eigenvalue weighted by atomic mass is 16.6. The number of non-ortho nitro benzene ring substituents is 1. The highest BCUT2D eigenvalue weighted by molar-refractivity contribution is 5.84. The van der Waals surface area contributed by atoms with Crippen LogP contribution in [0.25, 0.3) is 33.5 Å². The summed E-state index contributed by atoms with van der Waals surface area (Å²) < 4.78 is 5.91. The first kappa shape index (κ1) is 16.2. The lowest BCUT2D eigenvalue weighted by molar-refractivity contribution is -0.384. The maximum Gasteiger partial charge on any atom is 0.269 e. The molecule has 0 aliphatic rings. The van der Waals surface area contributed by atoms with Gasteiger partial charge in [-0.15, -0.1) is 0 Å². The predicted molar refractivity (Wildman–Crippen MR) is 105 cm³/mol. The molecule has 3 aromatic heterocycles. The predicted octanol–water partition coefficient (Wildman–Crippen LogP) is 4.87. The van der Waals surface area contributed by atoms with Crippen LogP contribution < -0.4 is 0 Å². The van der Waals surface area contributed by atoms with Crippen LogP contribution in [0.5, 0.6) is 0 Å². The van der Waals surface area contributed by atoms with Crippen molar-refractivity contribution in [2.45, 2.75) is 6.42 Å². The monoisotopic (exact) mass is 370 g/mol. The molecule has 0 aliphatic carbocycles. The SMILES string of the molecule is O=[N+]([O-])c1ccc(Cc2nc3ncc(-c4cc5ccccc5o4)cc3[nH]2)cc1. The minimum absolute atomic E-state index is 0.0745. The van der Waals surface area contributed by atoms with Crippen molar-refractivity contribution in [2.75, 3.05) is 0 Å². The van der Waals surface area contributed by atoms with E-state index in [0.29, 0.717) is 12.1 Å².